The standard InChI is InChI=1S/C14H17ClO4S/c1-9-7-12(20(15,17)18)8-13(10(9)2)14(16)19-6-5-11-3-4-11/h7-8,11H,3-6H2,1-2H3. The Bertz CT molecular complexity index is 633. The molecule has 0 heterocycles. The van der Waals surface area contributed by atoms with E-state index in [1.807, 2.05) is 0 Å². The van der Waals surface area contributed by atoms with Gasteiger partial charge < -0.3 is 4.74 Å². The average Bonchev–Trinajstić information content (AvgIpc) is 3.15. The van der Waals surface area contributed by atoms with E-state index < -0.39 is 15.0 Å². The highest BCUT2D eigenvalue weighted by Gasteiger charge is 2.22. The summed E-state index contributed by atoms with van der Waals surface area (Å²) in [7, 11) is 1.48. The molecule has 110 valence electrons. The van der Waals surface area contributed by atoms with Crippen molar-refractivity contribution in [3.8, 4) is 0 Å². The first-order valence-corrected chi connectivity index (χ1v) is 8.83. The van der Waals surface area contributed by atoms with E-state index in [0.717, 1.165) is 6.42 Å². The Morgan fingerprint density at radius 3 is 2.55 bits per heavy atom. The number of halogens is 1. The number of hydrogen-bond acceptors (Lipinski definition) is 4. The van der Waals surface area contributed by atoms with Gasteiger partial charge in [-0.15, -0.1) is 0 Å². The number of rotatable bonds is 5. The van der Waals surface area contributed by atoms with Crippen molar-refractivity contribution in [2.24, 2.45) is 5.92 Å². The summed E-state index contributed by atoms with van der Waals surface area (Å²) in [6, 6.07) is 2.74. The van der Waals surface area contributed by atoms with Crippen molar-refractivity contribution in [1.29, 1.82) is 0 Å². The van der Waals surface area contributed by atoms with Gasteiger partial charge in [-0.3, -0.25) is 0 Å². The van der Waals surface area contributed by atoms with E-state index in [-0.39, 0.29) is 10.5 Å². The largest absolute Gasteiger partial charge is 0.462 e. The summed E-state index contributed by atoms with van der Waals surface area (Å²) in [6.07, 6.45) is 3.28. The Balaban J connectivity index is 2.20. The molecule has 0 amide bonds. The summed E-state index contributed by atoms with van der Waals surface area (Å²) in [5.41, 5.74) is 1.67. The third kappa shape index (κ3) is 3.73. The zero-order chi connectivity index (χ0) is 14.9. The smallest absolute Gasteiger partial charge is 0.338 e. The van der Waals surface area contributed by atoms with Gasteiger partial charge >= 0.3 is 5.97 Å². The second kappa shape index (κ2) is 5.74. The molecule has 0 atom stereocenters. The van der Waals surface area contributed by atoms with Crippen molar-refractivity contribution in [3.63, 3.8) is 0 Å². The minimum absolute atomic E-state index is 0.0728. The van der Waals surface area contributed by atoms with Gasteiger partial charge in [0.05, 0.1) is 17.1 Å². The third-order valence-corrected chi connectivity index (χ3v) is 4.93. The van der Waals surface area contributed by atoms with Gasteiger partial charge in [-0.1, -0.05) is 12.8 Å². The highest BCUT2D eigenvalue weighted by molar-refractivity contribution is 8.13. The van der Waals surface area contributed by atoms with E-state index in [2.05, 4.69) is 0 Å². The number of ether oxygens (including phenoxy) is 1. The Morgan fingerprint density at radius 2 is 2.00 bits per heavy atom. The number of aryl methyl sites for hydroxylation is 1. The van der Waals surface area contributed by atoms with Crippen molar-refractivity contribution >= 4 is 25.7 Å². The monoisotopic (exact) mass is 316 g/mol. The lowest BCUT2D eigenvalue weighted by Crippen LogP contribution is -2.10. The van der Waals surface area contributed by atoms with E-state index in [4.69, 9.17) is 15.4 Å². The Hall–Kier alpha value is -1.07. The van der Waals surface area contributed by atoms with Crippen LogP contribution < -0.4 is 0 Å². The number of benzene rings is 1. The van der Waals surface area contributed by atoms with Gasteiger partial charge in [0.2, 0.25) is 0 Å². The van der Waals surface area contributed by atoms with Crippen LogP contribution in [0.2, 0.25) is 0 Å². The Morgan fingerprint density at radius 1 is 1.35 bits per heavy atom. The molecular formula is C14H17ClO4S. The van der Waals surface area contributed by atoms with Crippen LogP contribution in [0.15, 0.2) is 17.0 Å². The van der Waals surface area contributed by atoms with Gasteiger partial charge in [-0.2, -0.15) is 0 Å². The van der Waals surface area contributed by atoms with E-state index in [1.165, 1.54) is 25.0 Å². The van der Waals surface area contributed by atoms with Gasteiger partial charge in [0.15, 0.2) is 0 Å². The molecule has 1 fully saturated rings. The highest BCUT2D eigenvalue weighted by Crippen LogP contribution is 2.32. The Labute approximate surface area is 123 Å². The van der Waals surface area contributed by atoms with E-state index >= 15 is 0 Å². The lowest BCUT2D eigenvalue weighted by Gasteiger charge is -2.10. The molecule has 2 rings (SSSR count). The minimum atomic E-state index is -3.86. The fourth-order valence-electron chi connectivity index (χ4n) is 1.98. The summed E-state index contributed by atoms with van der Waals surface area (Å²) < 4.78 is 28.0. The molecule has 1 aliphatic rings. The van der Waals surface area contributed by atoms with Gasteiger partial charge in [0.1, 0.15) is 0 Å². The zero-order valence-electron chi connectivity index (χ0n) is 11.5. The summed E-state index contributed by atoms with van der Waals surface area (Å²) in [5.74, 6) is 0.189. The third-order valence-electron chi connectivity index (χ3n) is 3.60. The second-order valence-electron chi connectivity index (χ2n) is 5.22. The second-order valence-corrected chi connectivity index (χ2v) is 7.78. The van der Waals surface area contributed by atoms with Crippen molar-refractivity contribution in [1.82, 2.24) is 0 Å². The summed E-state index contributed by atoms with van der Waals surface area (Å²) in [6.45, 7) is 3.87. The zero-order valence-corrected chi connectivity index (χ0v) is 13.1. The fraction of sp³-hybridized carbons (Fsp3) is 0.500. The number of hydrogen-bond donors (Lipinski definition) is 0. The molecule has 0 saturated heterocycles. The number of carbonyl (C=O) groups excluding carboxylic acids is 1. The van der Waals surface area contributed by atoms with Crippen LogP contribution in [-0.2, 0) is 13.8 Å². The van der Waals surface area contributed by atoms with Crippen molar-refractivity contribution in [2.75, 3.05) is 6.61 Å². The molecule has 20 heavy (non-hydrogen) atoms. The molecule has 4 nitrogen and oxygen atoms in total. The quantitative estimate of drug-likeness (QED) is 0.618. The van der Waals surface area contributed by atoms with Crippen molar-refractivity contribution in [2.45, 2.75) is 38.0 Å². The molecular weight excluding hydrogens is 300 g/mol. The molecule has 0 radical (unpaired) electrons. The van der Waals surface area contributed by atoms with Crippen LogP contribution in [-0.4, -0.2) is 21.0 Å². The molecule has 6 heteroatoms. The molecule has 1 saturated carbocycles. The topological polar surface area (TPSA) is 60.4 Å². The lowest BCUT2D eigenvalue weighted by atomic mass is 10.0. The predicted molar refractivity (Wildman–Crippen MR) is 76.6 cm³/mol. The van der Waals surface area contributed by atoms with Crippen LogP contribution in [0.4, 0.5) is 0 Å². The van der Waals surface area contributed by atoms with Crippen molar-refractivity contribution < 1.29 is 17.9 Å². The first-order chi connectivity index (χ1) is 9.29. The first kappa shape index (κ1) is 15.3. The SMILES string of the molecule is Cc1cc(S(=O)(=O)Cl)cc(C(=O)OCCC2CC2)c1C. The first-order valence-electron chi connectivity index (χ1n) is 6.52. The molecule has 0 unspecified atom stereocenters. The van der Waals surface area contributed by atoms with Gasteiger partial charge in [0, 0.05) is 10.7 Å². The molecule has 0 N–H and O–H groups in total. The fourth-order valence-corrected chi connectivity index (χ4v) is 2.83. The van der Waals surface area contributed by atoms with E-state index in [1.54, 1.807) is 13.8 Å². The molecule has 0 spiro atoms. The van der Waals surface area contributed by atoms with Crippen LogP contribution in [0.3, 0.4) is 0 Å². The molecule has 0 bridgehead atoms. The molecule has 1 aliphatic carbocycles. The maximum Gasteiger partial charge on any atom is 0.338 e. The maximum absolute atomic E-state index is 12.0. The molecule has 1 aromatic carbocycles. The summed E-state index contributed by atoms with van der Waals surface area (Å²) >= 11 is 0. The van der Waals surface area contributed by atoms with Crippen molar-refractivity contribution in [3.05, 3.63) is 28.8 Å². The molecule has 1 aromatic rings. The average molecular weight is 317 g/mol. The minimum Gasteiger partial charge on any atom is -0.462 e. The molecule has 0 aromatic heterocycles. The lowest BCUT2D eigenvalue weighted by molar-refractivity contribution is 0.0493. The van der Waals surface area contributed by atoms with Crippen LogP contribution in [0.25, 0.3) is 0 Å². The van der Waals surface area contributed by atoms with Crippen LogP contribution in [0, 0.1) is 19.8 Å². The van der Waals surface area contributed by atoms with E-state index in [9.17, 15) is 13.2 Å². The van der Waals surface area contributed by atoms with Crippen LogP contribution >= 0.6 is 10.7 Å². The van der Waals surface area contributed by atoms with Crippen LogP contribution in [0.1, 0.15) is 40.7 Å². The summed E-state index contributed by atoms with van der Waals surface area (Å²) in [4.78, 5) is 12.0. The van der Waals surface area contributed by atoms with Gasteiger partial charge in [-0.25, -0.2) is 13.2 Å². The highest BCUT2D eigenvalue weighted by atomic mass is 35.7. The number of carbonyl (C=O) groups is 1. The van der Waals surface area contributed by atoms with E-state index in [0.29, 0.717) is 23.7 Å². The maximum atomic E-state index is 12.0. The normalized spacial score (nSPS) is 15.2. The Kier molecular flexibility index (Phi) is 4.39. The summed E-state index contributed by atoms with van der Waals surface area (Å²) in [5, 5.41) is 0. The van der Waals surface area contributed by atoms with Gasteiger partial charge in [-0.05, 0) is 49.4 Å². The molecule has 0 aliphatic heterocycles. The number of esters is 1. The van der Waals surface area contributed by atoms with Gasteiger partial charge in [0.25, 0.3) is 9.05 Å². The predicted octanol–water partition coefficient (Wildman–Crippen LogP) is 3.19. The van der Waals surface area contributed by atoms with Crippen LogP contribution in [0.5, 0.6) is 0 Å².